The maximum atomic E-state index is 12.7. The highest BCUT2D eigenvalue weighted by molar-refractivity contribution is 6.08. The van der Waals surface area contributed by atoms with E-state index >= 15 is 0 Å². The first-order valence-corrected chi connectivity index (χ1v) is 6.96. The van der Waals surface area contributed by atoms with Crippen molar-refractivity contribution in [3.8, 4) is 0 Å². The standard InChI is InChI=1S/C15H20O4/c1-11(2)7-8-9(16)12(3,18)14(5-6-14)13(4)15(8,19-13)10(11)17/h7,10,17-18H,5-6H2,1-4H3/t10-,12-,13+,15+/m0/s1. The van der Waals surface area contributed by atoms with Crippen molar-refractivity contribution in [2.45, 2.75) is 63.4 Å². The number of ketones is 1. The monoisotopic (exact) mass is 264 g/mol. The van der Waals surface area contributed by atoms with Gasteiger partial charge in [-0.15, -0.1) is 0 Å². The van der Waals surface area contributed by atoms with Crippen LogP contribution in [0.15, 0.2) is 11.6 Å². The number of Topliss-reactive ketones (excluding diaryl/α,β-unsaturated/α-hetero) is 1. The van der Waals surface area contributed by atoms with Crippen LogP contribution in [0.1, 0.15) is 40.5 Å². The van der Waals surface area contributed by atoms with Gasteiger partial charge in [0.25, 0.3) is 0 Å². The maximum Gasteiger partial charge on any atom is 0.193 e. The van der Waals surface area contributed by atoms with Crippen molar-refractivity contribution in [2.75, 3.05) is 0 Å². The average molecular weight is 264 g/mol. The van der Waals surface area contributed by atoms with Crippen molar-refractivity contribution in [1.82, 2.24) is 0 Å². The normalized spacial score (nSPS) is 55.6. The number of carbonyl (C=O) groups excluding carboxylic acids is 1. The molecule has 0 bridgehead atoms. The highest BCUT2D eigenvalue weighted by atomic mass is 16.6. The molecule has 0 radical (unpaired) electrons. The number of hydrogen-bond acceptors (Lipinski definition) is 4. The van der Waals surface area contributed by atoms with E-state index in [0.717, 1.165) is 12.8 Å². The van der Waals surface area contributed by atoms with Gasteiger partial charge in [0, 0.05) is 16.4 Å². The van der Waals surface area contributed by atoms with E-state index in [9.17, 15) is 15.0 Å². The SMILES string of the molecule is CC1(C)C=C2C(=O)[C@](C)(O)C3(CC3)[C@@]3(C)O[C@@]23[C@H]1O. The van der Waals surface area contributed by atoms with Crippen LogP contribution in [-0.2, 0) is 9.53 Å². The fraction of sp³-hybridized carbons (Fsp3) is 0.800. The molecule has 2 N–H and O–H groups in total. The second-order valence-corrected chi connectivity index (χ2v) is 7.64. The Labute approximate surface area is 112 Å². The van der Waals surface area contributed by atoms with Crippen molar-refractivity contribution < 1.29 is 19.7 Å². The Kier molecular flexibility index (Phi) is 1.63. The zero-order valence-corrected chi connectivity index (χ0v) is 11.8. The van der Waals surface area contributed by atoms with Crippen LogP contribution < -0.4 is 0 Å². The number of hydrogen-bond donors (Lipinski definition) is 2. The third-order valence-corrected chi connectivity index (χ3v) is 6.32. The van der Waals surface area contributed by atoms with E-state index in [-0.39, 0.29) is 5.78 Å². The molecule has 2 spiro atoms. The molecule has 19 heavy (non-hydrogen) atoms. The lowest BCUT2D eigenvalue weighted by Crippen LogP contribution is -2.61. The topological polar surface area (TPSA) is 70.1 Å². The van der Waals surface area contributed by atoms with Crippen LogP contribution in [0, 0.1) is 10.8 Å². The number of fused-ring (bicyclic) bond motifs is 1. The first kappa shape index (κ1) is 12.1. The number of aliphatic hydroxyl groups excluding tert-OH is 1. The van der Waals surface area contributed by atoms with Crippen LogP contribution in [0.2, 0.25) is 0 Å². The van der Waals surface area contributed by atoms with E-state index in [4.69, 9.17) is 4.74 Å². The van der Waals surface area contributed by atoms with Gasteiger partial charge in [-0.3, -0.25) is 4.79 Å². The fourth-order valence-corrected chi connectivity index (χ4v) is 4.87. The number of epoxide rings is 1. The molecule has 104 valence electrons. The molecule has 0 aromatic carbocycles. The summed E-state index contributed by atoms with van der Waals surface area (Å²) >= 11 is 0. The van der Waals surface area contributed by atoms with Crippen molar-refractivity contribution in [1.29, 1.82) is 0 Å². The lowest BCUT2D eigenvalue weighted by atomic mass is 9.60. The molecular weight excluding hydrogens is 244 g/mol. The van der Waals surface area contributed by atoms with Crippen molar-refractivity contribution in [3.63, 3.8) is 0 Å². The summed E-state index contributed by atoms with van der Waals surface area (Å²) in [6.07, 6.45) is 2.64. The summed E-state index contributed by atoms with van der Waals surface area (Å²) in [4.78, 5) is 12.7. The third kappa shape index (κ3) is 0.867. The van der Waals surface area contributed by atoms with Crippen LogP contribution >= 0.6 is 0 Å². The summed E-state index contributed by atoms with van der Waals surface area (Å²) in [6.45, 7) is 7.36. The molecular formula is C15H20O4. The van der Waals surface area contributed by atoms with Crippen LogP contribution in [-0.4, -0.2) is 38.9 Å². The van der Waals surface area contributed by atoms with Gasteiger partial charge in [-0.1, -0.05) is 19.9 Å². The molecule has 2 saturated carbocycles. The van der Waals surface area contributed by atoms with Crippen LogP contribution in [0.25, 0.3) is 0 Å². The quantitative estimate of drug-likeness (QED) is 0.639. The first-order chi connectivity index (χ1) is 8.57. The number of rotatable bonds is 0. The second-order valence-electron chi connectivity index (χ2n) is 7.64. The molecule has 0 amide bonds. The van der Waals surface area contributed by atoms with Gasteiger partial charge in [0.05, 0.1) is 6.10 Å². The third-order valence-electron chi connectivity index (χ3n) is 6.32. The Bertz CT molecular complexity index is 554. The van der Waals surface area contributed by atoms with Gasteiger partial charge in [-0.05, 0) is 26.7 Å². The highest BCUT2D eigenvalue weighted by Gasteiger charge is 2.92. The minimum atomic E-state index is -1.38. The predicted octanol–water partition coefficient (Wildman–Crippen LogP) is 0.955. The summed E-state index contributed by atoms with van der Waals surface area (Å²) in [5.74, 6) is -0.260. The summed E-state index contributed by atoms with van der Waals surface area (Å²) in [6, 6.07) is 0. The molecule has 3 aliphatic carbocycles. The summed E-state index contributed by atoms with van der Waals surface area (Å²) in [5.41, 5.74) is -3.42. The Hall–Kier alpha value is -0.710. The second kappa shape index (κ2) is 2.57. The van der Waals surface area contributed by atoms with Crippen molar-refractivity contribution in [3.05, 3.63) is 11.6 Å². The Morgan fingerprint density at radius 3 is 2.37 bits per heavy atom. The molecule has 4 rings (SSSR count). The van der Waals surface area contributed by atoms with E-state index < -0.39 is 33.7 Å². The van der Waals surface area contributed by atoms with Crippen LogP contribution in [0.5, 0.6) is 0 Å². The molecule has 3 fully saturated rings. The molecule has 1 saturated heterocycles. The van der Waals surface area contributed by atoms with Gasteiger partial charge < -0.3 is 14.9 Å². The molecule has 4 nitrogen and oxygen atoms in total. The Balaban J connectivity index is 1.97. The molecule has 4 atom stereocenters. The number of carbonyl (C=O) groups is 1. The minimum Gasteiger partial charge on any atom is -0.389 e. The zero-order valence-electron chi connectivity index (χ0n) is 11.8. The van der Waals surface area contributed by atoms with E-state index in [0.29, 0.717) is 5.57 Å². The zero-order chi connectivity index (χ0) is 14.1. The number of ether oxygens (including phenoxy) is 1. The molecule has 4 aliphatic rings. The minimum absolute atomic E-state index is 0.260. The van der Waals surface area contributed by atoms with Crippen molar-refractivity contribution in [2.24, 2.45) is 10.8 Å². The molecule has 1 heterocycles. The van der Waals surface area contributed by atoms with E-state index in [1.165, 1.54) is 0 Å². The van der Waals surface area contributed by atoms with E-state index in [2.05, 4.69) is 0 Å². The summed E-state index contributed by atoms with van der Waals surface area (Å²) in [5, 5.41) is 21.4. The maximum absolute atomic E-state index is 12.7. The molecule has 0 aromatic heterocycles. The number of aliphatic hydroxyl groups is 2. The predicted molar refractivity (Wildman–Crippen MR) is 67.4 cm³/mol. The van der Waals surface area contributed by atoms with Gasteiger partial charge in [-0.25, -0.2) is 0 Å². The lowest BCUT2D eigenvalue weighted by Gasteiger charge is -2.42. The van der Waals surface area contributed by atoms with E-state index in [1.54, 1.807) is 13.0 Å². The molecule has 0 unspecified atom stereocenters. The van der Waals surface area contributed by atoms with Crippen LogP contribution in [0.4, 0.5) is 0 Å². The van der Waals surface area contributed by atoms with Gasteiger partial charge in [-0.2, -0.15) is 0 Å². The summed E-state index contributed by atoms with van der Waals surface area (Å²) < 4.78 is 6.01. The van der Waals surface area contributed by atoms with Gasteiger partial charge in [0.1, 0.15) is 11.2 Å². The largest absolute Gasteiger partial charge is 0.389 e. The van der Waals surface area contributed by atoms with Crippen LogP contribution in [0.3, 0.4) is 0 Å². The molecule has 4 heteroatoms. The molecule has 1 aliphatic heterocycles. The fourth-order valence-electron chi connectivity index (χ4n) is 4.87. The van der Waals surface area contributed by atoms with Gasteiger partial charge >= 0.3 is 0 Å². The first-order valence-electron chi connectivity index (χ1n) is 6.96. The van der Waals surface area contributed by atoms with E-state index in [1.807, 2.05) is 20.8 Å². The summed E-state index contributed by atoms with van der Waals surface area (Å²) in [7, 11) is 0. The highest BCUT2D eigenvalue weighted by Crippen LogP contribution is 2.80. The lowest BCUT2D eigenvalue weighted by molar-refractivity contribution is -0.145. The van der Waals surface area contributed by atoms with Gasteiger partial charge in [0.2, 0.25) is 0 Å². The Morgan fingerprint density at radius 1 is 1.26 bits per heavy atom. The molecule has 0 aromatic rings. The smallest absolute Gasteiger partial charge is 0.193 e. The van der Waals surface area contributed by atoms with Gasteiger partial charge in [0.15, 0.2) is 11.4 Å². The average Bonchev–Trinajstić information content (AvgIpc) is 3.16. The Morgan fingerprint density at radius 2 is 1.84 bits per heavy atom. The van der Waals surface area contributed by atoms with Crippen molar-refractivity contribution >= 4 is 5.78 Å².